The molecule has 2 aromatic rings. The predicted molar refractivity (Wildman–Crippen MR) is 99.4 cm³/mol. The van der Waals surface area contributed by atoms with Crippen molar-refractivity contribution in [1.29, 1.82) is 0 Å². The Morgan fingerprint density at radius 1 is 1.19 bits per heavy atom. The third-order valence-electron chi connectivity index (χ3n) is 4.93. The number of para-hydroxylation sites is 1. The highest BCUT2D eigenvalue weighted by Crippen LogP contribution is 2.15. The maximum Gasteiger partial charge on any atom is 0.279 e. The van der Waals surface area contributed by atoms with Crippen LogP contribution in [0, 0.1) is 6.92 Å². The molecule has 1 aliphatic heterocycles. The Hall–Kier alpha value is -2.60. The van der Waals surface area contributed by atoms with Crippen LogP contribution in [0.3, 0.4) is 0 Å². The first kappa shape index (κ1) is 18.2. The topological polar surface area (TPSA) is 67.0 Å². The Morgan fingerprint density at radius 2 is 1.92 bits per heavy atom. The molecule has 0 saturated carbocycles. The Bertz CT molecular complexity index is 776. The zero-order valence-electron chi connectivity index (χ0n) is 15.4. The van der Waals surface area contributed by atoms with Gasteiger partial charge in [-0.15, -0.1) is 0 Å². The number of benzene rings is 1. The summed E-state index contributed by atoms with van der Waals surface area (Å²) in [6.45, 7) is 7.14. The zero-order chi connectivity index (χ0) is 18.5. The van der Waals surface area contributed by atoms with Crippen molar-refractivity contribution in [2.45, 2.75) is 20.3 Å². The summed E-state index contributed by atoms with van der Waals surface area (Å²) in [5.41, 5.74) is 2.66. The average Bonchev–Trinajstić information content (AvgIpc) is 3.08. The molecular weight excluding hydrogens is 330 g/mol. The summed E-state index contributed by atoms with van der Waals surface area (Å²) in [5, 5.41) is 3.02. The van der Waals surface area contributed by atoms with Gasteiger partial charge in [0.2, 0.25) is 0 Å². The van der Waals surface area contributed by atoms with Crippen LogP contribution in [0.1, 0.15) is 28.6 Å². The van der Waals surface area contributed by atoms with E-state index in [0.717, 1.165) is 30.8 Å². The molecule has 138 valence electrons. The Kier molecular flexibility index (Phi) is 5.73. The first-order valence-corrected chi connectivity index (χ1v) is 9.13. The lowest BCUT2D eigenvalue weighted by Gasteiger charge is -2.31. The molecule has 2 heterocycles. The lowest BCUT2D eigenvalue weighted by Crippen LogP contribution is -3.15. The van der Waals surface area contributed by atoms with E-state index in [4.69, 9.17) is 4.42 Å². The number of rotatable bonds is 5. The normalized spacial score (nSPS) is 15.1. The zero-order valence-corrected chi connectivity index (χ0v) is 15.4. The molecule has 1 fully saturated rings. The number of nitrogens with zero attached hydrogens (tertiary/aromatic N) is 1. The number of quaternary nitrogens is 1. The van der Waals surface area contributed by atoms with Crippen molar-refractivity contribution < 1.29 is 18.9 Å². The van der Waals surface area contributed by atoms with Crippen LogP contribution in [0.5, 0.6) is 0 Å². The second-order valence-electron chi connectivity index (χ2n) is 6.67. The molecule has 2 N–H and O–H groups in total. The molecule has 0 aliphatic carbocycles. The molecule has 1 saturated heterocycles. The maximum atomic E-state index is 12.5. The summed E-state index contributed by atoms with van der Waals surface area (Å²) in [7, 11) is 0. The lowest BCUT2D eigenvalue weighted by atomic mass is 10.1. The van der Waals surface area contributed by atoms with Gasteiger partial charge in [0.1, 0.15) is 5.76 Å². The van der Waals surface area contributed by atoms with Crippen LogP contribution < -0.4 is 10.2 Å². The van der Waals surface area contributed by atoms with Crippen LogP contribution in [0.4, 0.5) is 5.69 Å². The highest BCUT2D eigenvalue weighted by Gasteiger charge is 2.27. The van der Waals surface area contributed by atoms with E-state index in [9.17, 15) is 9.59 Å². The number of furan rings is 1. The van der Waals surface area contributed by atoms with E-state index >= 15 is 0 Å². The molecule has 1 aromatic carbocycles. The Labute approximate surface area is 153 Å². The smallest absolute Gasteiger partial charge is 0.279 e. The van der Waals surface area contributed by atoms with Gasteiger partial charge < -0.3 is 19.5 Å². The minimum absolute atomic E-state index is 0.0108. The van der Waals surface area contributed by atoms with Gasteiger partial charge >= 0.3 is 0 Å². The van der Waals surface area contributed by atoms with Gasteiger partial charge in [-0.3, -0.25) is 9.59 Å². The van der Waals surface area contributed by atoms with Crippen LogP contribution in [0.25, 0.3) is 0 Å². The Morgan fingerprint density at radius 3 is 2.58 bits per heavy atom. The molecule has 1 aromatic heterocycles. The first-order chi connectivity index (χ1) is 12.6. The van der Waals surface area contributed by atoms with Crippen LogP contribution in [0.15, 0.2) is 41.0 Å². The fourth-order valence-corrected chi connectivity index (χ4v) is 3.35. The number of hydrogen-bond acceptors (Lipinski definition) is 3. The van der Waals surface area contributed by atoms with Gasteiger partial charge in [0.05, 0.1) is 38.0 Å². The monoisotopic (exact) mass is 356 g/mol. The molecular formula is C20H26N3O3+. The van der Waals surface area contributed by atoms with Gasteiger partial charge in [-0.2, -0.15) is 0 Å². The molecule has 0 spiro atoms. The van der Waals surface area contributed by atoms with Gasteiger partial charge in [0.15, 0.2) is 6.54 Å². The van der Waals surface area contributed by atoms with E-state index < -0.39 is 0 Å². The van der Waals surface area contributed by atoms with Crippen molar-refractivity contribution in [3.8, 4) is 0 Å². The van der Waals surface area contributed by atoms with E-state index in [2.05, 4.69) is 12.2 Å². The fraction of sp³-hybridized carbons (Fsp3) is 0.400. The minimum atomic E-state index is 0.0108. The van der Waals surface area contributed by atoms with Crippen LogP contribution >= 0.6 is 0 Å². The second kappa shape index (κ2) is 8.19. The Balaban J connectivity index is 1.50. The predicted octanol–water partition coefficient (Wildman–Crippen LogP) is 1.13. The standard InChI is InChI=1S/C20H25N3O3/c1-3-16-6-4-5-7-18(16)21-19(24)14-22-9-11-23(12-10-22)20(25)17-8-13-26-15(17)2/h4-8,13H,3,9-12,14H2,1-2H3,(H,21,24)/p+1. The third-order valence-corrected chi connectivity index (χ3v) is 4.93. The summed E-state index contributed by atoms with van der Waals surface area (Å²) in [4.78, 5) is 27.9. The number of carbonyl (C=O) groups is 2. The van der Waals surface area contributed by atoms with Gasteiger partial charge in [0.25, 0.3) is 11.8 Å². The van der Waals surface area contributed by atoms with Crippen molar-refractivity contribution >= 4 is 17.5 Å². The van der Waals surface area contributed by atoms with Gasteiger partial charge in [-0.25, -0.2) is 0 Å². The number of piperazine rings is 1. The van der Waals surface area contributed by atoms with Gasteiger partial charge in [-0.05, 0) is 31.0 Å². The van der Waals surface area contributed by atoms with Crippen molar-refractivity contribution in [2.24, 2.45) is 0 Å². The summed E-state index contributed by atoms with van der Waals surface area (Å²) in [5.74, 6) is 0.682. The highest BCUT2D eigenvalue weighted by atomic mass is 16.3. The van der Waals surface area contributed by atoms with E-state index in [1.54, 1.807) is 19.3 Å². The number of hydrogen-bond donors (Lipinski definition) is 2. The first-order valence-electron chi connectivity index (χ1n) is 9.13. The number of anilines is 1. The molecule has 6 nitrogen and oxygen atoms in total. The largest absolute Gasteiger partial charge is 0.469 e. The summed E-state index contributed by atoms with van der Waals surface area (Å²) >= 11 is 0. The minimum Gasteiger partial charge on any atom is -0.469 e. The van der Waals surface area contributed by atoms with Crippen molar-refractivity contribution in [3.05, 3.63) is 53.5 Å². The van der Waals surface area contributed by atoms with Crippen LogP contribution in [0.2, 0.25) is 0 Å². The molecule has 3 rings (SSSR count). The third kappa shape index (κ3) is 4.14. The van der Waals surface area contributed by atoms with E-state index in [1.807, 2.05) is 29.2 Å². The molecule has 0 radical (unpaired) electrons. The SMILES string of the molecule is CCc1ccccc1NC(=O)C[NH+]1CCN(C(=O)c2ccoc2C)CC1. The van der Waals surface area contributed by atoms with Crippen molar-refractivity contribution in [1.82, 2.24) is 4.90 Å². The van der Waals surface area contributed by atoms with Crippen LogP contribution in [-0.2, 0) is 11.2 Å². The molecule has 26 heavy (non-hydrogen) atoms. The van der Waals surface area contributed by atoms with E-state index in [0.29, 0.717) is 31.0 Å². The van der Waals surface area contributed by atoms with Crippen molar-refractivity contribution in [2.75, 3.05) is 38.0 Å². The quantitative estimate of drug-likeness (QED) is 0.844. The maximum absolute atomic E-state index is 12.5. The van der Waals surface area contributed by atoms with Gasteiger partial charge in [-0.1, -0.05) is 25.1 Å². The molecule has 0 atom stereocenters. The number of amides is 2. The molecule has 2 amide bonds. The summed E-state index contributed by atoms with van der Waals surface area (Å²) in [6.07, 6.45) is 2.43. The lowest BCUT2D eigenvalue weighted by molar-refractivity contribution is -0.895. The van der Waals surface area contributed by atoms with Crippen LogP contribution in [-0.4, -0.2) is 49.4 Å². The highest BCUT2D eigenvalue weighted by molar-refractivity contribution is 5.95. The number of carbonyl (C=O) groups excluding carboxylic acids is 2. The number of aryl methyl sites for hydroxylation is 2. The number of nitrogens with one attached hydrogen (secondary N) is 2. The van der Waals surface area contributed by atoms with E-state index in [1.165, 1.54) is 4.90 Å². The summed E-state index contributed by atoms with van der Waals surface area (Å²) < 4.78 is 5.22. The van der Waals surface area contributed by atoms with E-state index in [-0.39, 0.29) is 11.8 Å². The fourth-order valence-electron chi connectivity index (χ4n) is 3.35. The summed E-state index contributed by atoms with van der Waals surface area (Å²) in [6, 6.07) is 9.61. The second-order valence-corrected chi connectivity index (χ2v) is 6.67. The molecule has 0 unspecified atom stereocenters. The molecule has 0 bridgehead atoms. The average molecular weight is 356 g/mol. The molecule has 6 heteroatoms. The van der Waals surface area contributed by atoms with Gasteiger partial charge in [0, 0.05) is 5.69 Å². The van der Waals surface area contributed by atoms with Crippen molar-refractivity contribution in [3.63, 3.8) is 0 Å². The molecule has 1 aliphatic rings.